The first-order valence-corrected chi connectivity index (χ1v) is 10.5. The van der Waals surface area contributed by atoms with Gasteiger partial charge in [-0.25, -0.2) is 12.8 Å². The number of nitrogens with one attached hydrogen (secondary N) is 1. The van der Waals surface area contributed by atoms with Gasteiger partial charge >= 0.3 is 0 Å². The lowest BCUT2D eigenvalue weighted by Gasteiger charge is -2.31. The van der Waals surface area contributed by atoms with Crippen LogP contribution in [0, 0.1) is 11.7 Å². The highest BCUT2D eigenvalue weighted by Crippen LogP contribution is 2.41. The molecule has 1 amide bonds. The van der Waals surface area contributed by atoms with Crippen molar-refractivity contribution >= 4 is 27.5 Å². The van der Waals surface area contributed by atoms with Crippen LogP contribution in [0.1, 0.15) is 23.2 Å². The molecule has 1 saturated heterocycles. The zero-order valence-electron chi connectivity index (χ0n) is 14.3. The van der Waals surface area contributed by atoms with Gasteiger partial charge in [0, 0.05) is 24.2 Å². The zero-order valence-corrected chi connectivity index (χ0v) is 15.9. The maximum atomic E-state index is 13.3. The smallest absolute Gasteiger partial charge is 0.251 e. The van der Waals surface area contributed by atoms with Crippen LogP contribution < -0.4 is 5.32 Å². The van der Waals surface area contributed by atoms with Gasteiger partial charge in [-0.15, -0.1) is 0 Å². The summed E-state index contributed by atoms with van der Waals surface area (Å²) in [6.45, 7) is 0.335. The second-order valence-electron chi connectivity index (χ2n) is 6.98. The number of nitrogens with zero attached hydrogens (tertiary/aromatic N) is 1. The van der Waals surface area contributed by atoms with Gasteiger partial charge in [0.25, 0.3) is 5.91 Å². The Morgan fingerprint density at radius 2 is 1.89 bits per heavy atom. The van der Waals surface area contributed by atoms with E-state index in [1.54, 1.807) is 24.3 Å². The van der Waals surface area contributed by atoms with Crippen LogP contribution in [0.2, 0.25) is 5.02 Å². The fourth-order valence-electron chi connectivity index (χ4n) is 4.00. The summed E-state index contributed by atoms with van der Waals surface area (Å²) in [6, 6.07) is 12.2. The van der Waals surface area contributed by atoms with Gasteiger partial charge in [0.05, 0.1) is 9.92 Å². The number of carbonyl (C=O) groups excluding carboxylic acids is 1. The molecule has 142 valence electrons. The highest BCUT2D eigenvalue weighted by Gasteiger charge is 2.49. The standard InChI is InChI=1S/C19H18ClFN2O3S/c20-16-10-15(6-7-17(16)21)27(25,26)23-11-13-8-14(23)9-18(13)22-19(24)12-4-2-1-3-5-12/h1-7,10,13-14,18H,8-9,11H2,(H,22,24). The molecule has 2 aliphatic rings. The predicted octanol–water partition coefficient (Wildman–Crippen LogP) is 3.06. The van der Waals surface area contributed by atoms with Gasteiger partial charge in [0.1, 0.15) is 5.82 Å². The Morgan fingerprint density at radius 3 is 2.52 bits per heavy atom. The number of halogens is 2. The third kappa shape index (κ3) is 3.35. The van der Waals surface area contributed by atoms with Crippen molar-refractivity contribution in [3.05, 3.63) is 64.9 Å². The molecule has 2 fully saturated rings. The summed E-state index contributed by atoms with van der Waals surface area (Å²) in [5, 5.41) is 2.81. The molecule has 1 heterocycles. The fourth-order valence-corrected chi connectivity index (χ4v) is 5.97. The molecule has 3 atom stereocenters. The first-order valence-electron chi connectivity index (χ1n) is 8.69. The van der Waals surface area contributed by atoms with Crippen LogP contribution in [0.3, 0.4) is 0 Å². The minimum atomic E-state index is -3.74. The first-order chi connectivity index (χ1) is 12.9. The van der Waals surface area contributed by atoms with Crippen molar-refractivity contribution in [1.82, 2.24) is 9.62 Å². The van der Waals surface area contributed by atoms with E-state index in [2.05, 4.69) is 5.32 Å². The molecule has 1 N–H and O–H groups in total. The first kappa shape index (κ1) is 18.4. The topological polar surface area (TPSA) is 66.5 Å². The quantitative estimate of drug-likeness (QED) is 0.845. The van der Waals surface area contributed by atoms with Gasteiger partial charge in [-0.2, -0.15) is 4.31 Å². The summed E-state index contributed by atoms with van der Waals surface area (Å²) in [4.78, 5) is 12.3. The maximum Gasteiger partial charge on any atom is 0.251 e. The van der Waals surface area contributed by atoms with Crippen molar-refractivity contribution in [1.29, 1.82) is 0 Å². The van der Waals surface area contributed by atoms with Crippen LogP contribution in [-0.4, -0.2) is 37.3 Å². The van der Waals surface area contributed by atoms with Crippen molar-refractivity contribution in [3.8, 4) is 0 Å². The van der Waals surface area contributed by atoms with E-state index < -0.39 is 15.8 Å². The lowest BCUT2D eigenvalue weighted by Crippen LogP contribution is -2.47. The summed E-state index contributed by atoms with van der Waals surface area (Å²) in [6.07, 6.45) is 1.27. The second kappa shape index (κ2) is 6.89. The Kier molecular flexibility index (Phi) is 4.70. The summed E-state index contributed by atoms with van der Waals surface area (Å²) in [5.41, 5.74) is 0.589. The molecule has 1 aliphatic carbocycles. The molecule has 5 nitrogen and oxygen atoms in total. The average molecular weight is 409 g/mol. The minimum absolute atomic E-state index is 0.00804. The van der Waals surface area contributed by atoms with Crippen LogP contribution in [0.4, 0.5) is 4.39 Å². The van der Waals surface area contributed by atoms with Crippen LogP contribution in [0.25, 0.3) is 0 Å². The minimum Gasteiger partial charge on any atom is -0.349 e. The molecule has 3 unspecified atom stereocenters. The Balaban J connectivity index is 1.47. The Bertz CT molecular complexity index is 984. The Labute approximate surface area is 162 Å². The van der Waals surface area contributed by atoms with Gasteiger partial charge in [0.2, 0.25) is 10.0 Å². The fraction of sp³-hybridized carbons (Fsp3) is 0.316. The lowest BCUT2D eigenvalue weighted by molar-refractivity contribution is 0.0919. The van der Waals surface area contributed by atoms with Crippen molar-refractivity contribution < 1.29 is 17.6 Å². The van der Waals surface area contributed by atoms with Gasteiger partial charge in [-0.1, -0.05) is 29.8 Å². The van der Waals surface area contributed by atoms with Crippen molar-refractivity contribution in [2.45, 2.75) is 29.8 Å². The van der Waals surface area contributed by atoms with E-state index in [4.69, 9.17) is 11.6 Å². The van der Waals surface area contributed by atoms with E-state index in [-0.39, 0.29) is 33.8 Å². The van der Waals surface area contributed by atoms with E-state index in [1.807, 2.05) is 6.07 Å². The molecular formula is C19H18ClFN2O3S. The average Bonchev–Trinajstić information content (AvgIpc) is 3.25. The monoisotopic (exact) mass is 408 g/mol. The molecule has 27 heavy (non-hydrogen) atoms. The molecule has 2 bridgehead atoms. The van der Waals surface area contributed by atoms with Crippen LogP contribution in [-0.2, 0) is 10.0 Å². The van der Waals surface area contributed by atoms with Crippen molar-refractivity contribution in [2.24, 2.45) is 5.92 Å². The summed E-state index contributed by atoms with van der Waals surface area (Å²) < 4.78 is 40.6. The highest BCUT2D eigenvalue weighted by atomic mass is 35.5. The number of fused-ring (bicyclic) bond motifs is 2. The van der Waals surface area contributed by atoms with Gasteiger partial charge < -0.3 is 5.32 Å². The third-order valence-corrected chi connectivity index (χ3v) is 7.55. The molecular weight excluding hydrogens is 391 g/mol. The number of hydrogen-bond acceptors (Lipinski definition) is 3. The van der Waals surface area contributed by atoms with Crippen molar-refractivity contribution in [3.63, 3.8) is 0 Å². The SMILES string of the molecule is O=C(NC1CC2CC1CN2S(=O)(=O)c1ccc(F)c(Cl)c1)c1ccccc1. The van der Waals surface area contributed by atoms with E-state index >= 15 is 0 Å². The Morgan fingerprint density at radius 1 is 1.15 bits per heavy atom. The van der Waals surface area contributed by atoms with Gasteiger partial charge in [-0.3, -0.25) is 4.79 Å². The molecule has 4 rings (SSSR count). The number of sulfonamides is 1. The molecule has 2 aromatic carbocycles. The number of amides is 1. The molecule has 2 aromatic rings. The Hall–Kier alpha value is -1.96. The van der Waals surface area contributed by atoms with E-state index in [0.29, 0.717) is 24.9 Å². The number of piperidine rings is 1. The molecule has 8 heteroatoms. The number of carbonyl (C=O) groups is 1. The molecule has 0 spiro atoms. The molecule has 1 aliphatic heterocycles. The maximum absolute atomic E-state index is 13.3. The number of benzene rings is 2. The predicted molar refractivity (Wildman–Crippen MR) is 99.5 cm³/mol. The van der Waals surface area contributed by atoms with Crippen LogP contribution in [0.15, 0.2) is 53.4 Å². The molecule has 1 saturated carbocycles. The largest absolute Gasteiger partial charge is 0.349 e. The van der Waals surface area contributed by atoms with Crippen molar-refractivity contribution in [2.75, 3.05) is 6.54 Å². The zero-order chi connectivity index (χ0) is 19.2. The summed E-state index contributed by atoms with van der Waals surface area (Å²) in [5.74, 6) is -0.733. The van der Waals surface area contributed by atoms with E-state index in [9.17, 15) is 17.6 Å². The molecule has 0 radical (unpaired) electrons. The van der Waals surface area contributed by atoms with Crippen LogP contribution in [0.5, 0.6) is 0 Å². The normalized spacial score (nSPS) is 24.9. The summed E-state index contributed by atoms with van der Waals surface area (Å²) >= 11 is 5.74. The highest BCUT2D eigenvalue weighted by molar-refractivity contribution is 7.89. The lowest BCUT2D eigenvalue weighted by atomic mass is 10.0. The van der Waals surface area contributed by atoms with E-state index in [0.717, 1.165) is 12.1 Å². The van der Waals surface area contributed by atoms with E-state index in [1.165, 1.54) is 10.4 Å². The second-order valence-corrected chi connectivity index (χ2v) is 9.28. The van der Waals surface area contributed by atoms with Crippen LogP contribution >= 0.6 is 11.6 Å². The third-order valence-electron chi connectivity index (χ3n) is 5.34. The molecule has 0 aromatic heterocycles. The van der Waals surface area contributed by atoms with Gasteiger partial charge in [0.15, 0.2) is 0 Å². The number of hydrogen-bond donors (Lipinski definition) is 1. The van der Waals surface area contributed by atoms with Gasteiger partial charge in [-0.05, 0) is 49.1 Å². The number of rotatable bonds is 4. The summed E-state index contributed by atoms with van der Waals surface area (Å²) in [7, 11) is -3.74.